The average molecular weight is 234 g/mol. The third kappa shape index (κ3) is 2.51. The zero-order valence-electron chi connectivity index (χ0n) is 9.37. The summed E-state index contributed by atoms with van der Waals surface area (Å²) >= 11 is 0. The normalized spacial score (nSPS) is 10.9. The lowest BCUT2D eigenvalue weighted by molar-refractivity contribution is 0.0874. The van der Waals surface area contributed by atoms with Crippen molar-refractivity contribution in [2.24, 2.45) is 0 Å². The fourth-order valence-corrected chi connectivity index (χ4v) is 1.74. The van der Waals surface area contributed by atoms with E-state index in [0.29, 0.717) is 25.3 Å². The Morgan fingerprint density at radius 1 is 1.47 bits per heavy atom. The number of aromatic nitrogens is 2. The largest absolute Gasteiger partial charge is 0.394 e. The van der Waals surface area contributed by atoms with Gasteiger partial charge in [0.15, 0.2) is 6.29 Å². The van der Waals surface area contributed by atoms with Crippen LogP contribution in [0.1, 0.15) is 10.4 Å². The molecule has 0 aromatic carbocycles. The molecule has 0 aliphatic rings. The molecule has 90 valence electrons. The Bertz CT molecular complexity index is 507. The standard InChI is InChI=1S/C12H14N2O3/c15-5-7-17-6-4-14-8-10(9-16)11-2-1-3-13-12(11)14/h1-3,8-9,15H,4-7H2. The van der Waals surface area contributed by atoms with Crippen LogP contribution < -0.4 is 0 Å². The fourth-order valence-electron chi connectivity index (χ4n) is 1.74. The number of nitrogens with zero attached hydrogens (tertiary/aromatic N) is 2. The first-order valence-electron chi connectivity index (χ1n) is 5.44. The van der Waals surface area contributed by atoms with E-state index < -0.39 is 0 Å². The molecule has 0 saturated carbocycles. The number of aliphatic hydroxyl groups excluding tert-OH is 1. The zero-order chi connectivity index (χ0) is 12.1. The van der Waals surface area contributed by atoms with Crippen LogP contribution in [-0.4, -0.2) is 40.8 Å². The van der Waals surface area contributed by atoms with Crippen LogP contribution in [0, 0.1) is 0 Å². The van der Waals surface area contributed by atoms with E-state index in [1.54, 1.807) is 12.4 Å². The number of pyridine rings is 1. The van der Waals surface area contributed by atoms with Gasteiger partial charge in [0.05, 0.1) is 19.8 Å². The molecule has 5 heteroatoms. The highest BCUT2D eigenvalue weighted by molar-refractivity contribution is 5.95. The minimum atomic E-state index is 0.0181. The van der Waals surface area contributed by atoms with Crippen LogP contribution >= 0.6 is 0 Å². The Kier molecular flexibility index (Phi) is 3.85. The summed E-state index contributed by atoms with van der Waals surface area (Å²) in [6.45, 7) is 1.44. The summed E-state index contributed by atoms with van der Waals surface area (Å²) in [6.07, 6.45) is 4.30. The van der Waals surface area contributed by atoms with Crippen molar-refractivity contribution in [3.8, 4) is 0 Å². The second-order valence-corrected chi connectivity index (χ2v) is 3.61. The van der Waals surface area contributed by atoms with E-state index in [4.69, 9.17) is 9.84 Å². The van der Waals surface area contributed by atoms with Gasteiger partial charge in [0, 0.05) is 29.9 Å². The smallest absolute Gasteiger partial charge is 0.152 e. The molecule has 0 aliphatic heterocycles. The molecule has 5 nitrogen and oxygen atoms in total. The van der Waals surface area contributed by atoms with Gasteiger partial charge in [-0.05, 0) is 12.1 Å². The summed E-state index contributed by atoms with van der Waals surface area (Å²) in [5.41, 5.74) is 1.41. The highest BCUT2D eigenvalue weighted by Gasteiger charge is 2.07. The summed E-state index contributed by atoms with van der Waals surface area (Å²) in [5, 5.41) is 9.44. The van der Waals surface area contributed by atoms with Gasteiger partial charge >= 0.3 is 0 Å². The predicted molar refractivity (Wildman–Crippen MR) is 63.0 cm³/mol. The van der Waals surface area contributed by atoms with Crippen LogP contribution in [0.15, 0.2) is 24.5 Å². The first kappa shape index (κ1) is 11.8. The predicted octanol–water partition coefficient (Wildman–Crippen LogP) is 0.858. The number of aliphatic hydroxyl groups is 1. The van der Waals surface area contributed by atoms with E-state index in [1.165, 1.54) is 0 Å². The van der Waals surface area contributed by atoms with E-state index in [9.17, 15) is 4.79 Å². The summed E-state index contributed by atoms with van der Waals surface area (Å²) in [4.78, 5) is 15.2. The molecule has 0 spiro atoms. The number of hydrogen-bond acceptors (Lipinski definition) is 4. The fraction of sp³-hybridized carbons (Fsp3) is 0.333. The van der Waals surface area contributed by atoms with Crippen LogP contribution in [0.25, 0.3) is 11.0 Å². The molecule has 0 amide bonds. The molecule has 2 heterocycles. The third-order valence-corrected chi connectivity index (χ3v) is 2.50. The van der Waals surface area contributed by atoms with Crippen molar-refractivity contribution in [2.75, 3.05) is 19.8 Å². The lowest BCUT2D eigenvalue weighted by atomic mass is 10.2. The van der Waals surface area contributed by atoms with Crippen LogP contribution in [-0.2, 0) is 11.3 Å². The van der Waals surface area contributed by atoms with Gasteiger partial charge in [0.25, 0.3) is 0 Å². The number of rotatable bonds is 6. The molecule has 0 saturated heterocycles. The van der Waals surface area contributed by atoms with Crippen molar-refractivity contribution in [1.29, 1.82) is 0 Å². The first-order chi connectivity index (χ1) is 8.36. The van der Waals surface area contributed by atoms with Crippen LogP contribution in [0.5, 0.6) is 0 Å². The number of carbonyl (C=O) groups is 1. The minimum absolute atomic E-state index is 0.0181. The molecule has 17 heavy (non-hydrogen) atoms. The first-order valence-corrected chi connectivity index (χ1v) is 5.44. The van der Waals surface area contributed by atoms with Crippen molar-refractivity contribution in [1.82, 2.24) is 9.55 Å². The quantitative estimate of drug-likeness (QED) is 0.594. The van der Waals surface area contributed by atoms with Gasteiger partial charge < -0.3 is 14.4 Å². The Morgan fingerprint density at radius 3 is 3.12 bits per heavy atom. The number of fused-ring (bicyclic) bond motifs is 1. The Morgan fingerprint density at radius 2 is 2.35 bits per heavy atom. The second kappa shape index (κ2) is 5.56. The van der Waals surface area contributed by atoms with E-state index >= 15 is 0 Å². The molecule has 0 radical (unpaired) electrons. The Balaban J connectivity index is 2.19. The molecule has 1 N–H and O–H groups in total. The topological polar surface area (TPSA) is 64.3 Å². The van der Waals surface area contributed by atoms with Crippen LogP contribution in [0.3, 0.4) is 0 Å². The van der Waals surface area contributed by atoms with Crippen molar-refractivity contribution in [2.45, 2.75) is 6.54 Å². The van der Waals surface area contributed by atoms with Gasteiger partial charge in [-0.1, -0.05) is 0 Å². The molecular weight excluding hydrogens is 220 g/mol. The second-order valence-electron chi connectivity index (χ2n) is 3.61. The van der Waals surface area contributed by atoms with Crippen molar-refractivity contribution >= 4 is 17.3 Å². The average Bonchev–Trinajstić information content (AvgIpc) is 2.73. The van der Waals surface area contributed by atoms with Gasteiger partial charge in [0.2, 0.25) is 0 Å². The van der Waals surface area contributed by atoms with Crippen molar-refractivity contribution < 1.29 is 14.6 Å². The summed E-state index contributed by atoms with van der Waals surface area (Å²) in [6, 6.07) is 3.68. The number of aldehydes is 1. The van der Waals surface area contributed by atoms with Crippen molar-refractivity contribution in [3.63, 3.8) is 0 Å². The maximum atomic E-state index is 10.9. The molecule has 0 fully saturated rings. The monoisotopic (exact) mass is 234 g/mol. The van der Waals surface area contributed by atoms with Crippen LogP contribution in [0.4, 0.5) is 0 Å². The van der Waals surface area contributed by atoms with Gasteiger partial charge in [-0.2, -0.15) is 0 Å². The lowest BCUT2D eigenvalue weighted by Gasteiger charge is -2.04. The maximum absolute atomic E-state index is 10.9. The van der Waals surface area contributed by atoms with Crippen LogP contribution in [0.2, 0.25) is 0 Å². The molecule has 2 aromatic heterocycles. The number of ether oxygens (including phenoxy) is 1. The Labute approximate surface area is 98.6 Å². The lowest BCUT2D eigenvalue weighted by Crippen LogP contribution is -2.08. The SMILES string of the molecule is O=Cc1cn(CCOCCO)c2ncccc12. The van der Waals surface area contributed by atoms with E-state index in [2.05, 4.69) is 4.98 Å². The highest BCUT2D eigenvalue weighted by atomic mass is 16.5. The molecule has 2 aromatic rings. The summed E-state index contributed by atoms with van der Waals surface area (Å²) in [7, 11) is 0. The van der Waals surface area contributed by atoms with E-state index in [1.807, 2.05) is 16.7 Å². The third-order valence-electron chi connectivity index (χ3n) is 2.50. The van der Waals surface area contributed by atoms with Gasteiger partial charge in [-0.25, -0.2) is 4.98 Å². The molecule has 0 unspecified atom stereocenters. The molecule has 0 atom stereocenters. The van der Waals surface area contributed by atoms with Gasteiger partial charge in [-0.15, -0.1) is 0 Å². The number of hydrogen-bond donors (Lipinski definition) is 1. The Hall–Kier alpha value is -1.72. The minimum Gasteiger partial charge on any atom is -0.394 e. The highest BCUT2D eigenvalue weighted by Crippen LogP contribution is 2.17. The van der Waals surface area contributed by atoms with E-state index in [0.717, 1.165) is 17.3 Å². The van der Waals surface area contributed by atoms with E-state index in [-0.39, 0.29) is 6.61 Å². The summed E-state index contributed by atoms with van der Waals surface area (Å²) < 4.78 is 7.08. The number of carbonyl (C=O) groups excluding carboxylic acids is 1. The van der Waals surface area contributed by atoms with Gasteiger partial charge in [-0.3, -0.25) is 4.79 Å². The van der Waals surface area contributed by atoms with Gasteiger partial charge in [0.1, 0.15) is 5.65 Å². The van der Waals surface area contributed by atoms with Crippen molar-refractivity contribution in [3.05, 3.63) is 30.1 Å². The molecule has 2 rings (SSSR count). The summed E-state index contributed by atoms with van der Waals surface area (Å²) in [5.74, 6) is 0. The zero-order valence-corrected chi connectivity index (χ0v) is 9.37. The maximum Gasteiger partial charge on any atom is 0.152 e. The molecule has 0 bridgehead atoms. The molecular formula is C12H14N2O3. The molecule has 0 aliphatic carbocycles.